The molecule has 0 saturated heterocycles. The summed E-state index contributed by atoms with van der Waals surface area (Å²) in [5, 5.41) is 5.11. The highest BCUT2D eigenvalue weighted by Gasteiger charge is 2.16. The fourth-order valence-electron chi connectivity index (χ4n) is 1.65. The predicted molar refractivity (Wildman–Crippen MR) is 75.4 cm³/mol. The molecule has 1 aromatic rings. The number of hydrogen-bond acceptors (Lipinski definition) is 4. The third-order valence-corrected chi connectivity index (χ3v) is 2.52. The minimum atomic E-state index is -0.931. The van der Waals surface area contributed by atoms with Crippen LogP contribution in [0.5, 0.6) is 0 Å². The Morgan fingerprint density at radius 2 is 1.85 bits per heavy atom. The second-order valence-electron chi connectivity index (χ2n) is 4.08. The standard InChI is InChI=1S/C14H18N2O4/c1-4-10-6-7-11(15-9(3)17)8-12(10)16-13(18)14(19)20-5-2/h6-8H,4-5H2,1-3H3,(H,15,17)(H,16,18). The van der Waals surface area contributed by atoms with Crippen molar-refractivity contribution in [2.75, 3.05) is 17.2 Å². The van der Waals surface area contributed by atoms with Gasteiger partial charge in [-0.25, -0.2) is 4.79 Å². The van der Waals surface area contributed by atoms with Gasteiger partial charge in [-0.15, -0.1) is 0 Å². The largest absolute Gasteiger partial charge is 0.459 e. The third kappa shape index (κ3) is 4.38. The Morgan fingerprint density at radius 1 is 1.15 bits per heavy atom. The summed E-state index contributed by atoms with van der Waals surface area (Å²) in [6.07, 6.45) is 0.679. The maximum Gasteiger partial charge on any atom is 0.397 e. The molecule has 1 aromatic carbocycles. The third-order valence-electron chi connectivity index (χ3n) is 2.52. The molecule has 2 N–H and O–H groups in total. The molecule has 0 saturated carbocycles. The van der Waals surface area contributed by atoms with Gasteiger partial charge in [0.2, 0.25) is 5.91 Å². The van der Waals surface area contributed by atoms with Crippen molar-refractivity contribution in [1.29, 1.82) is 0 Å². The van der Waals surface area contributed by atoms with E-state index in [4.69, 9.17) is 0 Å². The van der Waals surface area contributed by atoms with Crippen molar-refractivity contribution in [1.82, 2.24) is 0 Å². The van der Waals surface area contributed by atoms with Crippen LogP contribution in [0.3, 0.4) is 0 Å². The number of nitrogens with one attached hydrogen (secondary N) is 2. The van der Waals surface area contributed by atoms with Gasteiger partial charge in [0.05, 0.1) is 6.61 Å². The molecule has 0 aliphatic rings. The van der Waals surface area contributed by atoms with Gasteiger partial charge in [-0.2, -0.15) is 0 Å². The van der Waals surface area contributed by atoms with Crippen LogP contribution in [0.4, 0.5) is 11.4 Å². The quantitative estimate of drug-likeness (QED) is 0.648. The van der Waals surface area contributed by atoms with Gasteiger partial charge in [0, 0.05) is 18.3 Å². The first-order valence-electron chi connectivity index (χ1n) is 6.36. The van der Waals surface area contributed by atoms with Gasteiger partial charge in [-0.05, 0) is 31.0 Å². The molecule has 0 atom stereocenters. The number of amides is 2. The fourth-order valence-corrected chi connectivity index (χ4v) is 1.65. The zero-order valence-corrected chi connectivity index (χ0v) is 11.8. The average Bonchev–Trinajstić information content (AvgIpc) is 2.38. The topological polar surface area (TPSA) is 84.5 Å². The van der Waals surface area contributed by atoms with Crippen molar-refractivity contribution >= 4 is 29.2 Å². The molecular weight excluding hydrogens is 260 g/mol. The lowest BCUT2D eigenvalue weighted by atomic mass is 10.1. The SMILES string of the molecule is CCOC(=O)C(=O)Nc1cc(NC(C)=O)ccc1CC. The zero-order chi connectivity index (χ0) is 15.1. The van der Waals surface area contributed by atoms with Crippen LogP contribution in [-0.4, -0.2) is 24.4 Å². The summed E-state index contributed by atoms with van der Waals surface area (Å²) in [5.74, 6) is -1.97. The number of esters is 1. The van der Waals surface area contributed by atoms with Gasteiger partial charge in [0.1, 0.15) is 0 Å². The van der Waals surface area contributed by atoms with Crippen LogP contribution in [0.25, 0.3) is 0 Å². The van der Waals surface area contributed by atoms with E-state index in [1.807, 2.05) is 6.92 Å². The Labute approximate surface area is 117 Å². The predicted octanol–water partition coefficient (Wildman–Crippen LogP) is 1.71. The van der Waals surface area contributed by atoms with E-state index in [1.165, 1.54) is 6.92 Å². The molecule has 0 aliphatic carbocycles. The van der Waals surface area contributed by atoms with Gasteiger partial charge < -0.3 is 15.4 Å². The highest BCUT2D eigenvalue weighted by molar-refractivity contribution is 6.37. The van der Waals surface area contributed by atoms with E-state index in [9.17, 15) is 14.4 Å². The first-order chi connectivity index (χ1) is 9.47. The van der Waals surface area contributed by atoms with E-state index in [0.29, 0.717) is 17.8 Å². The van der Waals surface area contributed by atoms with Crippen LogP contribution in [0.15, 0.2) is 18.2 Å². The summed E-state index contributed by atoms with van der Waals surface area (Å²) in [5.41, 5.74) is 1.89. The van der Waals surface area contributed by atoms with Crippen LogP contribution in [0.2, 0.25) is 0 Å². The van der Waals surface area contributed by atoms with Crippen LogP contribution >= 0.6 is 0 Å². The van der Waals surface area contributed by atoms with Crippen molar-refractivity contribution in [3.8, 4) is 0 Å². The highest BCUT2D eigenvalue weighted by Crippen LogP contribution is 2.21. The molecule has 0 spiro atoms. The molecule has 0 bridgehead atoms. The number of aryl methyl sites for hydroxylation is 1. The molecule has 0 aromatic heterocycles. The molecule has 0 radical (unpaired) electrons. The monoisotopic (exact) mass is 278 g/mol. The molecule has 0 heterocycles. The fraction of sp³-hybridized carbons (Fsp3) is 0.357. The van der Waals surface area contributed by atoms with E-state index in [-0.39, 0.29) is 12.5 Å². The van der Waals surface area contributed by atoms with Gasteiger partial charge in [0.25, 0.3) is 0 Å². The Kier molecular flexibility index (Phi) is 5.71. The Morgan fingerprint density at radius 3 is 2.40 bits per heavy atom. The molecule has 0 aliphatic heterocycles. The van der Waals surface area contributed by atoms with Crippen molar-refractivity contribution in [2.45, 2.75) is 27.2 Å². The highest BCUT2D eigenvalue weighted by atomic mass is 16.5. The number of carbonyl (C=O) groups is 3. The number of rotatable bonds is 4. The van der Waals surface area contributed by atoms with Crippen LogP contribution in [0, 0.1) is 0 Å². The summed E-state index contributed by atoms with van der Waals surface area (Å²) < 4.78 is 4.62. The number of benzene rings is 1. The van der Waals surface area contributed by atoms with Crippen LogP contribution in [-0.2, 0) is 25.5 Å². The lowest BCUT2D eigenvalue weighted by Gasteiger charge is -2.11. The lowest BCUT2D eigenvalue weighted by Crippen LogP contribution is -2.25. The molecule has 2 amide bonds. The Hall–Kier alpha value is -2.37. The summed E-state index contributed by atoms with van der Waals surface area (Å²) in [7, 11) is 0. The number of hydrogen-bond donors (Lipinski definition) is 2. The van der Waals surface area contributed by atoms with Gasteiger partial charge in [-0.3, -0.25) is 9.59 Å². The van der Waals surface area contributed by atoms with Gasteiger partial charge in [-0.1, -0.05) is 13.0 Å². The van der Waals surface area contributed by atoms with E-state index in [2.05, 4.69) is 15.4 Å². The van der Waals surface area contributed by atoms with Gasteiger partial charge >= 0.3 is 11.9 Å². The molecule has 20 heavy (non-hydrogen) atoms. The van der Waals surface area contributed by atoms with Crippen molar-refractivity contribution in [3.63, 3.8) is 0 Å². The summed E-state index contributed by atoms with van der Waals surface area (Å²) in [6.45, 7) is 5.08. The zero-order valence-electron chi connectivity index (χ0n) is 11.8. The molecule has 6 nitrogen and oxygen atoms in total. The second-order valence-corrected chi connectivity index (χ2v) is 4.08. The lowest BCUT2D eigenvalue weighted by molar-refractivity contribution is -0.152. The number of anilines is 2. The summed E-state index contributed by atoms with van der Waals surface area (Å²) in [6, 6.07) is 5.13. The molecular formula is C14H18N2O4. The molecule has 0 fully saturated rings. The molecule has 0 unspecified atom stereocenters. The molecule has 1 rings (SSSR count). The van der Waals surface area contributed by atoms with E-state index < -0.39 is 11.9 Å². The van der Waals surface area contributed by atoms with Crippen molar-refractivity contribution < 1.29 is 19.1 Å². The molecule has 108 valence electrons. The Balaban J connectivity index is 2.93. The maximum absolute atomic E-state index is 11.6. The first-order valence-corrected chi connectivity index (χ1v) is 6.36. The smallest absolute Gasteiger partial charge is 0.397 e. The van der Waals surface area contributed by atoms with Crippen molar-refractivity contribution in [3.05, 3.63) is 23.8 Å². The average molecular weight is 278 g/mol. The van der Waals surface area contributed by atoms with Crippen molar-refractivity contribution in [2.24, 2.45) is 0 Å². The number of ether oxygens (including phenoxy) is 1. The van der Waals surface area contributed by atoms with E-state index in [1.54, 1.807) is 25.1 Å². The van der Waals surface area contributed by atoms with Gasteiger partial charge in [0.15, 0.2) is 0 Å². The minimum absolute atomic E-state index is 0.138. The van der Waals surface area contributed by atoms with E-state index in [0.717, 1.165) is 5.56 Å². The van der Waals surface area contributed by atoms with Crippen LogP contribution in [0.1, 0.15) is 26.3 Å². The maximum atomic E-state index is 11.6. The molecule has 6 heteroatoms. The van der Waals surface area contributed by atoms with Crippen LogP contribution < -0.4 is 10.6 Å². The minimum Gasteiger partial charge on any atom is -0.459 e. The number of carbonyl (C=O) groups excluding carboxylic acids is 3. The van der Waals surface area contributed by atoms with E-state index >= 15 is 0 Å². The Bertz CT molecular complexity index is 526. The second kappa shape index (κ2) is 7.28. The first kappa shape index (κ1) is 15.7. The summed E-state index contributed by atoms with van der Waals surface area (Å²) in [4.78, 5) is 34.0. The normalized spacial score (nSPS) is 9.75. The summed E-state index contributed by atoms with van der Waals surface area (Å²) >= 11 is 0.